The summed E-state index contributed by atoms with van der Waals surface area (Å²) in [6.45, 7) is 2.71. The summed E-state index contributed by atoms with van der Waals surface area (Å²) in [7, 11) is 0. The fourth-order valence-electron chi connectivity index (χ4n) is 1.67. The van der Waals surface area contributed by atoms with E-state index in [0.29, 0.717) is 30.3 Å². The van der Waals surface area contributed by atoms with Gasteiger partial charge in [0.2, 0.25) is 0 Å². The number of aromatic nitrogens is 2. The van der Waals surface area contributed by atoms with Crippen LogP contribution in [-0.2, 0) is 6.54 Å². The summed E-state index contributed by atoms with van der Waals surface area (Å²) in [6.07, 6.45) is 1.59. The number of aromatic amines is 1. The first kappa shape index (κ1) is 12.9. The van der Waals surface area contributed by atoms with Crippen molar-refractivity contribution in [3.8, 4) is 5.75 Å². The predicted octanol–water partition coefficient (Wildman–Crippen LogP) is 1.32. The summed E-state index contributed by atoms with van der Waals surface area (Å²) < 4.78 is 5.41. The largest absolute Gasteiger partial charge is 0.493 e. The van der Waals surface area contributed by atoms with Crippen molar-refractivity contribution in [3.05, 3.63) is 41.6 Å². The summed E-state index contributed by atoms with van der Waals surface area (Å²) in [5.41, 5.74) is 6.91. The van der Waals surface area contributed by atoms with Crippen LogP contribution in [0.4, 0.5) is 5.82 Å². The highest BCUT2D eigenvalue weighted by Gasteiger charge is 2.12. The van der Waals surface area contributed by atoms with Crippen LogP contribution in [-0.4, -0.2) is 22.7 Å². The predicted molar refractivity (Wildman–Crippen MR) is 71.8 cm³/mol. The van der Waals surface area contributed by atoms with Crippen molar-refractivity contribution in [2.75, 3.05) is 12.3 Å². The summed E-state index contributed by atoms with van der Waals surface area (Å²) in [4.78, 5) is 12.1. The summed E-state index contributed by atoms with van der Waals surface area (Å²) in [5.74, 6) is 0.825. The van der Waals surface area contributed by atoms with E-state index in [9.17, 15) is 4.79 Å². The topological polar surface area (TPSA) is 93.0 Å². The minimum Gasteiger partial charge on any atom is -0.493 e. The smallest absolute Gasteiger partial charge is 0.255 e. The van der Waals surface area contributed by atoms with Crippen molar-refractivity contribution in [2.24, 2.45) is 0 Å². The zero-order valence-corrected chi connectivity index (χ0v) is 10.6. The highest BCUT2D eigenvalue weighted by Crippen LogP contribution is 2.18. The third-order valence-corrected chi connectivity index (χ3v) is 2.62. The molecule has 1 amide bonds. The van der Waals surface area contributed by atoms with Gasteiger partial charge in [-0.15, -0.1) is 0 Å². The molecule has 19 heavy (non-hydrogen) atoms. The van der Waals surface area contributed by atoms with E-state index in [1.165, 1.54) is 0 Å². The molecular formula is C13H16N4O2. The molecule has 0 aliphatic heterocycles. The number of carbonyl (C=O) groups excluding carboxylic acids is 1. The van der Waals surface area contributed by atoms with Gasteiger partial charge >= 0.3 is 0 Å². The highest BCUT2D eigenvalue weighted by molar-refractivity contribution is 5.96. The lowest BCUT2D eigenvalue weighted by molar-refractivity contribution is 0.0947. The van der Waals surface area contributed by atoms with Gasteiger partial charge in [-0.1, -0.05) is 12.1 Å². The van der Waals surface area contributed by atoms with Crippen LogP contribution in [0.2, 0.25) is 0 Å². The van der Waals surface area contributed by atoms with E-state index in [-0.39, 0.29) is 5.91 Å². The number of rotatable bonds is 5. The number of carbonyl (C=O) groups is 1. The summed E-state index contributed by atoms with van der Waals surface area (Å²) >= 11 is 0. The minimum atomic E-state index is -0.204. The van der Waals surface area contributed by atoms with Gasteiger partial charge in [0.25, 0.3) is 5.91 Å². The Morgan fingerprint density at radius 2 is 2.26 bits per heavy atom. The third kappa shape index (κ3) is 3.04. The van der Waals surface area contributed by atoms with E-state index < -0.39 is 0 Å². The van der Waals surface area contributed by atoms with E-state index >= 15 is 0 Å². The molecule has 2 rings (SSSR count). The van der Waals surface area contributed by atoms with E-state index in [1.54, 1.807) is 24.4 Å². The third-order valence-electron chi connectivity index (χ3n) is 2.62. The number of nitrogens with two attached hydrogens (primary N) is 1. The summed E-state index contributed by atoms with van der Waals surface area (Å²) in [5, 5.41) is 9.19. The van der Waals surface area contributed by atoms with Crippen LogP contribution < -0.4 is 15.8 Å². The van der Waals surface area contributed by atoms with Crippen LogP contribution in [0.25, 0.3) is 0 Å². The molecule has 1 heterocycles. The molecule has 0 spiro atoms. The molecule has 0 radical (unpaired) electrons. The summed E-state index contributed by atoms with van der Waals surface area (Å²) in [6, 6.07) is 7.11. The van der Waals surface area contributed by atoms with Crippen LogP contribution in [0.15, 0.2) is 30.5 Å². The van der Waals surface area contributed by atoms with Crippen LogP contribution in [0.5, 0.6) is 5.75 Å². The van der Waals surface area contributed by atoms with Crippen LogP contribution in [0.1, 0.15) is 22.8 Å². The van der Waals surface area contributed by atoms with Gasteiger partial charge in [-0.25, -0.2) is 0 Å². The van der Waals surface area contributed by atoms with Crippen LogP contribution in [0, 0.1) is 0 Å². The SMILES string of the molecule is CCOc1ccccc1C(=O)NCc1cn[nH]c1N. The van der Waals surface area contributed by atoms with Gasteiger partial charge in [0.15, 0.2) is 0 Å². The zero-order chi connectivity index (χ0) is 13.7. The lowest BCUT2D eigenvalue weighted by atomic mass is 10.2. The lowest BCUT2D eigenvalue weighted by Gasteiger charge is -2.10. The Balaban J connectivity index is 2.06. The van der Waals surface area contributed by atoms with E-state index in [0.717, 1.165) is 5.56 Å². The number of para-hydroxylation sites is 1. The maximum Gasteiger partial charge on any atom is 0.255 e. The molecule has 0 unspecified atom stereocenters. The molecule has 1 aromatic carbocycles. The molecule has 4 N–H and O–H groups in total. The molecule has 0 aliphatic carbocycles. The highest BCUT2D eigenvalue weighted by atomic mass is 16.5. The van der Waals surface area contributed by atoms with Gasteiger partial charge in [0.1, 0.15) is 11.6 Å². The number of nitrogens with one attached hydrogen (secondary N) is 2. The van der Waals surface area contributed by atoms with Crippen molar-refractivity contribution in [2.45, 2.75) is 13.5 Å². The quantitative estimate of drug-likeness (QED) is 0.756. The van der Waals surface area contributed by atoms with Crippen LogP contribution in [0.3, 0.4) is 0 Å². The number of ether oxygens (including phenoxy) is 1. The Hall–Kier alpha value is -2.50. The zero-order valence-electron chi connectivity index (χ0n) is 10.6. The standard InChI is InChI=1S/C13H16N4O2/c1-2-19-11-6-4-3-5-10(11)13(18)15-7-9-8-16-17-12(9)14/h3-6,8H,2,7H2,1H3,(H,15,18)(H3,14,16,17). The number of hydrogen-bond donors (Lipinski definition) is 3. The average Bonchev–Trinajstić information content (AvgIpc) is 2.82. The maximum atomic E-state index is 12.1. The molecule has 2 aromatic rings. The van der Waals surface area contributed by atoms with Gasteiger partial charge in [-0.2, -0.15) is 5.10 Å². The van der Waals surface area contributed by atoms with Gasteiger partial charge in [-0.05, 0) is 19.1 Å². The fraction of sp³-hybridized carbons (Fsp3) is 0.231. The van der Waals surface area contributed by atoms with E-state index in [4.69, 9.17) is 10.5 Å². The van der Waals surface area contributed by atoms with Crippen LogP contribution >= 0.6 is 0 Å². The monoisotopic (exact) mass is 260 g/mol. The minimum absolute atomic E-state index is 0.204. The molecule has 0 fully saturated rings. The molecule has 0 aliphatic rings. The Morgan fingerprint density at radius 3 is 2.95 bits per heavy atom. The first-order chi connectivity index (χ1) is 9.22. The Bertz CT molecular complexity index is 565. The number of hydrogen-bond acceptors (Lipinski definition) is 4. The maximum absolute atomic E-state index is 12.1. The van der Waals surface area contributed by atoms with Gasteiger partial charge in [0.05, 0.1) is 18.4 Å². The Kier molecular flexibility index (Phi) is 4.02. The van der Waals surface area contributed by atoms with Crippen molar-refractivity contribution in [1.82, 2.24) is 15.5 Å². The molecule has 0 atom stereocenters. The van der Waals surface area contributed by atoms with Gasteiger partial charge in [0, 0.05) is 12.1 Å². The number of amides is 1. The second-order valence-corrected chi connectivity index (χ2v) is 3.92. The molecule has 0 bridgehead atoms. The second kappa shape index (κ2) is 5.90. The van der Waals surface area contributed by atoms with Gasteiger partial charge in [-0.3, -0.25) is 9.89 Å². The fourth-order valence-corrected chi connectivity index (χ4v) is 1.67. The van der Waals surface area contributed by atoms with Crippen molar-refractivity contribution >= 4 is 11.7 Å². The normalized spacial score (nSPS) is 10.2. The molecule has 0 saturated heterocycles. The van der Waals surface area contributed by atoms with Crippen molar-refractivity contribution < 1.29 is 9.53 Å². The van der Waals surface area contributed by atoms with Crippen molar-refractivity contribution in [1.29, 1.82) is 0 Å². The molecule has 0 saturated carbocycles. The molecule has 6 nitrogen and oxygen atoms in total. The molecule has 100 valence electrons. The van der Waals surface area contributed by atoms with Gasteiger partial charge < -0.3 is 15.8 Å². The molecule has 1 aromatic heterocycles. The number of anilines is 1. The Labute approximate surface area is 111 Å². The number of H-pyrrole nitrogens is 1. The number of nitrogens with zero attached hydrogens (tertiary/aromatic N) is 1. The second-order valence-electron chi connectivity index (χ2n) is 3.92. The average molecular weight is 260 g/mol. The molecule has 6 heteroatoms. The number of nitrogen functional groups attached to an aromatic ring is 1. The first-order valence-electron chi connectivity index (χ1n) is 6.00. The lowest BCUT2D eigenvalue weighted by Crippen LogP contribution is -2.23. The van der Waals surface area contributed by atoms with E-state index in [1.807, 2.05) is 13.0 Å². The van der Waals surface area contributed by atoms with Crippen molar-refractivity contribution in [3.63, 3.8) is 0 Å². The van der Waals surface area contributed by atoms with E-state index in [2.05, 4.69) is 15.5 Å². The Morgan fingerprint density at radius 1 is 1.47 bits per heavy atom. The molecular weight excluding hydrogens is 244 g/mol. The first-order valence-corrected chi connectivity index (χ1v) is 6.00. The number of benzene rings is 1.